The summed E-state index contributed by atoms with van der Waals surface area (Å²) in [6.07, 6.45) is 8.03. The molecule has 2 N–H and O–H groups in total. The van der Waals surface area contributed by atoms with Crippen molar-refractivity contribution < 1.29 is 4.79 Å². The molecule has 5 heteroatoms. The van der Waals surface area contributed by atoms with Gasteiger partial charge in [0.1, 0.15) is 5.82 Å². The molecule has 0 radical (unpaired) electrons. The number of hydrogen-bond acceptors (Lipinski definition) is 3. The van der Waals surface area contributed by atoms with Crippen molar-refractivity contribution in [2.45, 2.75) is 38.1 Å². The number of amides is 1. The van der Waals surface area contributed by atoms with Crippen molar-refractivity contribution in [2.24, 2.45) is 0 Å². The van der Waals surface area contributed by atoms with Gasteiger partial charge in [-0.2, -0.15) is 0 Å². The smallest absolute Gasteiger partial charge is 0.256 e. The summed E-state index contributed by atoms with van der Waals surface area (Å²) in [5, 5.41) is 6.34. The number of halogens is 1. The van der Waals surface area contributed by atoms with E-state index in [0.29, 0.717) is 17.3 Å². The SMILES string of the molecule is O=C(Nc1ccc(NC2CCCCC2)nc1)c1ccccc1Br. The van der Waals surface area contributed by atoms with Crippen LogP contribution in [0.2, 0.25) is 0 Å². The van der Waals surface area contributed by atoms with Crippen LogP contribution in [0.5, 0.6) is 0 Å². The fourth-order valence-corrected chi connectivity index (χ4v) is 3.32. The molecule has 1 aliphatic carbocycles. The van der Waals surface area contributed by atoms with E-state index in [1.807, 2.05) is 30.3 Å². The molecule has 2 aromatic rings. The molecule has 0 saturated heterocycles. The molecule has 0 atom stereocenters. The molecule has 0 unspecified atom stereocenters. The van der Waals surface area contributed by atoms with Crippen LogP contribution in [0.4, 0.5) is 11.5 Å². The van der Waals surface area contributed by atoms with Crippen LogP contribution in [-0.2, 0) is 0 Å². The van der Waals surface area contributed by atoms with E-state index in [2.05, 4.69) is 31.5 Å². The Bertz CT molecular complexity index is 666. The highest BCUT2D eigenvalue weighted by atomic mass is 79.9. The van der Waals surface area contributed by atoms with Gasteiger partial charge in [-0.1, -0.05) is 31.4 Å². The molecule has 1 aromatic carbocycles. The van der Waals surface area contributed by atoms with Crippen LogP contribution in [0.25, 0.3) is 0 Å². The highest BCUT2D eigenvalue weighted by Gasteiger charge is 2.13. The topological polar surface area (TPSA) is 54.0 Å². The first-order valence-corrected chi connectivity index (χ1v) is 8.80. The van der Waals surface area contributed by atoms with E-state index in [9.17, 15) is 4.79 Å². The van der Waals surface area contributed by atoms with Crippen molar-refractivity contribution in [1.82, 2.24) is 4.98 Å². The third-order valence-electron chi connectivity index (χ3n) is 4.10. The first-order chi connectivity index (χ1) is 11.2. The van der Waals surface area contributed by atoms with Crippen LogP contribution < -0.4 is 10.6 Å². The zero-order valence-electron chi connectivity index (χ0n) is 12.9. The van der Waals surface area contributed by atoms with Crippen LogP contribution in [-0.4, -0.2) is 16.9 Å². The fraction of sp³-hybridized carbons (Fsp3) is 0.333. The zero-order chi connectivity index (χ0) is 16.1. The van der Waals surface area contributed by atoms with E-state index in [-0.39, 0.29) is 5.91 Å². The molecule has 1 fully saturated rings. The van der Waals surface area contributed by atoms with Gasteiger partial charge in [0, 0.05) is 10.5 Å². The van der Waals surface area contributed by atoms with E-state index in [4.69, 9.17) is 0 Å². The summed E-state index contributed by atoms with van der Waals surface area (Å²) >= 11 is 3.39. The number of aromatic nitrogens is 1. The number of hydrogen-bond donors (Lipinski definition) is 2. The Morgan fingerprint density at radius 2 is 1.87 bits per heavy atom. The van der Waals surface area contributed by atoms with Gasteiger partial charge in [0.05, 0.1) is 17.4 Å². The second kappa shape index (κ2) is 7.59. The van der Waals surface area contributed by atoms with Crippen molar-refractivity contribution in [1.29, 1.82) is 0 Å². The van der Waals surface area contributed by atoms with Gasteiger partial charge in [0.15, 0.2) is 0 Å². The number of benzene rings is 1. The fourth-order valence-electron chi connectivity index (χ4n) is 2.85. The van der Waals surface area contributed by atoms with Crippen molar-refractivity contribution in [3.63, 3.8) is 0 Å². The summed E-state index contributed by atoms with van der Waals surface area (Å²) in [6, 6.07) is 11.7. The Labute approximate surface area is 144 Å². The van der Waals surface area contributed by atoms with Crippen molar-refractivity contribution in [2.75, 3.05) is 10.6 Å². The van der Waals surface area contributed by atoms with E-state index in [1.165, 1.54) is 32.1 Å². The van der Waals surface area contributed by atoms with Gasteiger partial charge in [-0.3, -0.25) is 4.79 Å². The molecule has 120 valence electrons. The summed E-state index contributed by atoms with van der Waals surface area (Å²) in [5.74, 6) is 0.725. The van der Waals surface area contributed by atoms with Crippen molar-refractivity contribution in [3.05, 3.63) is 52.6 Å². The monoisotopic (exact) mass is 373 g/mol. The van der Waals surface area contributed by atoms with Crippen LogP contribution >= 0.6 is 15.9 Å². The van der Waals surface area contributed by atoms with Gasteiger partial charge in [0.25, 0.3) is 5.91 Å². The second-order valence-electron chi connectivity index (χ2n) is 5.85. The minimum absolute atomic E-state index is 0.146. The highest BCUT2D eigenvalue weighted by molar-refractivity contribution is 9.10. The van der Waals surface area contributed by atoms with Gasteiger partial charge in [-0.15, -0.1) is 0 Å². The summed E-state index contributed by atoms with van der Waals surface area (Å²) in [6.45, 7) is 0. The first-order valence-electron chi connectivity index (χ1n) is 8.01. The zero-order valence-corrected chi connectivity index (χ0v) is 14.5. The first kappa shape index (κ1) is 16.0. The predicted octanol–water partition coefficient (Wildman–Crippen LogP) is 4.84. The molecule has 1 aliphatic rings. The third kappa shape index (κ3) is 4.32. The molecule has 0 spiro atoms. The summed E-state index contributed by atoms with van der Waals surface area (Å²) < 4.78 is 0.779. The van der Waals surface area contributed by atoms with Crippen LogP contribution in [0.3, 0.4) is 0 Å². The van der Waals surface area contributed by atoms with Gasteiger partial charge >= 0.3 is 0 Å². The second-order valence-corrected chi connectivity index (χ2v) is 6.70. The van der Waals surface area contributed by atoms with Crippen molar-refractivity contribution in [3.8, 4) is 0 Å². The third-order valence-corrected chi connectivity index (χ3v) is 4.79. The Hall–Kier alpha value is -1.88. The predicted molar refractivity (Wildman–Crippen MR) is 96.8 cm³/mol. The summed E-state index contributed by atoms with van der Waals surface area (Å²) in [5.41, 5.74) is 1.30. The van der Waals surface area contributed by atoms with E-state index in [0.717, 1.165) is 10.3 Å². The number of pyridine rings is 1. The molecule has 4 nitrogen and oxygen atoms in total. The molecule has 0 bridgehead atoms. The molecule has 23 heavy (non-hydrogen) atoms. The Morgan fingerprint density at radius 1 is 1.09 bits per heavy atom. The number of nitrogens with one attached hydrogen (secondary N) is 2. The Balaban J connectivity index is 1.61. The standard InChI is InChI=1S/C18H20BrN3O/c19-16-9-5-4-8-15(16)18(23)22-14-10-11-17(20-12-14)21-13-6-2-1-3-7-13/h4-5,8-13H,1-3,6-7H2,(H,20,21)(H,22,23). The van der Waals surface area contributed by atoms with E-state index in [1.54, 1.807) is 12.3 Å². The van der Waals surface area contributed by atoms with Gasteiger partial charge in [-0.05, 0) is 53.0 Å². The molecule has 0 aliphatic heterocycles. The van der Waals surface area contributed by atoms with Crippen LogP contribution in [0.15, 0.2) is 47.1 Å². The van der Waals surface area contributed by atoms with Gasteiger partial charge in [0.2, 0.25) is 0 Å². The Kier molecular flexibility index (Phi) is 5.28. The molecular formula is C18H20BrN3O. The van der Waals surface area contributed by atoms with E-state index < -0.39 is 0 Å². The maximum absolute atomic E-state index is 12.3. The van der Waals surface area contributed by atoms with Crippen LogP contribution in [0.1, 0.15) is 42.5 Å². The van der Waals surface area contributed by atoms with Crippen LogP contribution in [0, 0.1) is 0 Å². The summed E-state index contributed by atoms with van der Waals surface area (Å²) in [7, 11) is 0. The number of anilines is 2. The molecular weight excluding hydrogens is 354 g/mol. The molecule has 1 aromatic heterocycles. The number of carbonyl (C=O) groups excluding carboxylic acids is 1. The molecule has 1 saturated carbocycles. The number of carbonyl (C=O) groups is 1. The maximum atomic E-state index is 12.3. The van der Waals surface area contributed by atoms with Crippen molar-refractivity contribution >= 4 is 33.3 Å². The average Bonchev–Trinajstić information content (AvgIpc) is 2.58. The number of nitrogens with zero attached hydrogens (tertiary/aromatic N) is 1. The lowest BCUT2D eigenvalue weighted by molar-refractivity contribution is 0.102. The lowest BCUT2D eigenvalue weighted by Gasteiger charge is -2.23. The average molecular weight is 374 g/mol. The lowest BCUT2D eigenvalue weighted by atomic mass is 9.95. The molecule has 1 heterocycles. The van der Waals surface area contributed by atoms with Gasteiger partial charge < -0.3 is 10.6 Å². The largest absolute Gasteiger partial charge is 0.367 e. The minimum atomic E-state index is -0.146. The normalized spacial score (nSPS) is 15.2. The molecule has 1 amide bonds. The van der Waals surface area contributed by atoms with Gasteiger partial charge in [-0.25, -0.2) is 4.98 Å². The molecule has 3 rings (SSSR count). The maximum Gasteiger partial charge on any atom is 0.256 e. The minimum Gasteiger partial charge on any atom is -0.367 e. The summed E-state index contributed by atoms with van der Waals surface area (Å²) in [4.78, 5) is 16.7. The lowest BCUT2D eigenvalue weighted by Crippen LogP contribution is -2.22. The quantitative estimate of drug-likeness (QED) is 0.805. The van der Waals surface area contributed by atoms with E-state index >= 15 is 0 Å². The Morgan fingerprint density at radius 3 is 2.57 bits per heavy atom. The highest BCUT2D eigenvalue weighted by Crippen LogP contribution is 2.22. The number of rotatable bonds is 4.